The molecule has 9 atom stereocenters. The van der Waals surface area contributed by atoms with Gasteiger partial charge in [-0.05, 0) is 105 Å². The number of rotatable bonds is 86. The molecule has 2 N–H and O–H groups in total. The summed E-state index contributed by atoms with van der Waals surface area (Å²) in [4.78, 5) is 105. The van der Waals surface area contributed by atoms with Crippen molar-refractivity contribution in [3.63, 3.8) is 0 Å². The molecule has 22 heteroatoms. The van der Waals surface area contributed by atoms with Crippen molar-refractivity contribution in [2.24, 2.45) is 0 Å². The number of esters is 5. The molecule has 131 heavy (non-hydrogen) atoms. The summed E-state index contributed by atoms with van der Waals surface area (Å²) >= 11 is 0. The number of amides is 2. The lowest BCUT2D eigenvalue weighted by molar-refractivity contribution is -0.210. The Morgan fingerprint density at radius 2 is 0.679 bits per heavy atom. The quantitative estimate of drug-likeness (QED) is 0.0175. The normalized spacial score (nSPS) is 16.1. The summed E-state index contributed by atoms with van der Waals surface area (Å²) in [5.41, 5.74) is 2.00. The van der Waals surface area contributed by atoms with E-state index in [2.05, 4.69) is 72.9 Å². The zero-order chi connectivity index (χ0) is 94.7. The number of nitrogens with one attached hydrogen (secondary N) is 2. The highest BCUT2D eigenvalue weighted by molar-refractivity contribution is 7.48. The zero-order valence-electron chi connectivity index (χ0n) is 83.8. The lowest BCUT2D eigenvalue weighted by atomic mass is 9.89. The van der Waals surface area contributed by atoms with Crippen LogP contribution < -0.4 is 10.6 Å². The first-order chi connectivity index (χ1) is 63.9. The number of carbonyl (C=O) groups excluding carboxylic acids is 7. The summed E-state index contributed by atoms with van der Waals surface area (Å²) in [5.74, 6) is -3.88. The van der Waals surface area contributed by atoms with E-state index in [9.17, 15) is 14.4 Å². The van der Waals surface area contributed by atoms with Crippen molar-refractivity contribution < 1.29 is 84.5 Å². The second-order valence-electron chi connectivity index (χ2n) is 37.6. The molecule has 0 unspecified atom stereocenters. The monoisotopic (exact) mass is 1870 g/mol. The summed E-state index contributed by atoms with van der Waals surface area (Å²) in [6.45, 7) is 18.7. The molecule has 1 heterocycles. The van der Waals surface area contributed by atoms with Crippen molar-refractivity contribution >= 4 is 57.8 Å². The van der Waals surface area contributed by atoms with Gasteiger partial charge >= 0.3 is 37.7 Å². The van der Waals surface area contributed by atoms with E-state index in [0.717, 1.165) is 205 Å². The number of phosphoric ester groups is 1. The number of ether oxygens (including phenoxy) is 6. The predicted molar refractivity (Wildman–Crippen MR) is 533 cm³/mol. The molecular weight excluding hydrogens is 1680 g/mol. The van der Waals surface area contributed by atoms with Crippen LogP contribution in [-0.4, -0.2) is 111 Å². The zero-order valence-corrected chi connectivity index (χ0v) is 85.7. The molecule has 1 saturated heterocycles. The van der Waals surface area contributed by atoms with E-state index in [-0.39, 0.29) is 77.3 Å². The first kappa shape index (κ1) is 118. The molecule has 0 saturated carbocycles. The Kier molecular flexibility index (Phi) is 69.3. The third kappa shape index (κ3) is 57.1. The molecule has 3 aromatic carbocycles. The van der Waals surface area contributed by atoms with E-state index < -0.39 is 113 Å². The van der Waals surface area contributed by atoms with E-state index >= 15 is 23.7 Å². The van der Waals surface area contributed by atoms with E-state index in [1.807, 2.05) is 91.0 Å². The molecule has 748 valence electrons. The lowest BCUT2D eigenvalue weighted by Crippen LogP contribution is -2.66. The highest BCUT2D eigenvalue weighted by Crippen LogP contribution is 2.54. The van der Waals surface area contributed by atoms with Gasteiger partial charge in [-0.15, -0.1) is 0 Å². The van der Waals surface area contributed by atoms with Crippen molar-refractivity contribution in [2.45, 2.75) is 534 Å². The third-order valence-electron chi connectivity index (χ3n) is 26.1. The van der Waals surface area contributed by atoms with Crippen LogP contribution in [0.25, 0.3) is 0 Å². The topological polar surface area (TPSA) is 253 Å². The molecule has 0 radical (unpaired) electrons. The first-order valence-electron chi connectivity index (χ1n) is 53.4. The maximum atomic E-state index is 16.5. The van der Waals surface area contributed by atoms with Gasteiger partial charge in [-0.3, -0.25) is 42.3 Å². The van der Waals surface area contributed by atoms with Crippen molar-refractivity contribution in [3.05, 3.63) is 108 Å². The predicted octanol–water partition coefficient (Wildman–Crippen LogP) is 29.2. The maximum absolute atomic E-state index is 16.5. The molecule has 1 aliphatic heterocycles. The SMILES string of the molecule is CCCCCCCCCCC[C@H](CC(=O)N[C@@H]1[C@@H](OC(=O)C[C@@H](CCCCCCCCCCC)OC(=O)CCCCCCCCC)[C@H](OP(=O)(OCc2ccccc2)OCc2ccccc2)[C@@H](CO[Si](CC)(CC)CC)O[C@H]1CC[C@H](NC(=O)C[C@@H](CCCCCCCCCCC)OC(=O)CCCCCCCCC)C(=O)OCc1ccccc1)OC(=O)CCCCCCCCC. The van der Waals surface area contributed by atoms with E-state index in [4.69, 9.17) is 46.4 Å². The Morgan fingerprint density at radius 1 is 0.359 bits per heavy atom. The van der Waals surface area contributed by atoms with Crippen LogP contribution in [0.4, 0.5) is 0 Å². The molecular formula is C109H185N2O18PSi. The molecule has 0 aromatic heterocycles. The molecule has 20 nitrogen and oxygen atoms in total. The Labute approximate surface area is 796 Å². The van der Waals surface area contributed by atoms with Crippen molar-refractivity contribution in [3.8, 4) is 0 Å². The van der Waals surface area contributed by atoms with Crippen LogP contribution in [0.1, 0.15) is 458 Å². The van der Waals surface area contributed by atoms with Crippen LogP contribution in [-0.2, 0) is 104 Å². The van der Waals surface area contributed by atoms with Crippen LogP contribution in [0.5, 0.6) is 0 Å². The van der Waals surface area contributed by atoms with Crippen molar-refractivity contribution in [1.29, 1.82) is 0 Å². The van der Waals surface area contributed by atoms with Crippen LogP contribution in [0.2, 0.25) is 18.1 Å². The number of phosphoric acid groups is 1. The Hall–Kier alpha value is -5.80. The Bertz CT molecular complexity index is 3330. The van der Waals surface area contributed by atoms with Gasteiger partial charge in [-0.25, -0.2) is 9.36 Å². The minimum Gasteiger partial charge on any atom is -0.462 e. The minimum absolute atomic E-state index is 0.131. The molecule has 4 rings (SSSR count). The standard InChI is InChI=1S/C109H185N2O18PSi/c1-10-19-25-31-37-40-46-49-64-76-94(124-102(114)79-67-52-43-34-28-22-13-4)84-100(112)110-97(109(118)120-87-91-70-58-55-59-71-91)82-83-98-106(111-101(113)85-95(77-65-50-47-41-38-32-26-20-11-2)125-103(115)80-68-53-44-35-29-23-14-5)108(128-105(117)86-96(78-66-51-48-42-39-33-27-21-12-3)126-104(116)81-69-54-45-36-30-24-15-6)107(99(127-98)90-123-131(16-7,17-8)18-9)129-130(119,121-88-92-72-60-56-61-73-92)122-89-93-74-62-57-63-75-93/h55-63,70-75,94-99,106-108H,10-54,64-69,76-90H2,1-9H3,(H,110,112)(H,111,113)/t94-,95-,96-,97+,98+,99-,106+,107-,108-/m1/s1. The summed E-state index contributed by atoms with van der Waals surface area (Å²) in [5, 5.41) is 6.36. The van der Waals surface area contributed by atoms with Gasteiger partial charge in [-0.2, -0.15) is 0 Å². The fourth-order valence-corrected chi connectivity index (χ4v) is 21.6. The molecule has 0 bridgehead atoms. The number of unbranched alkanes of at least 4 members (excludes halogenated alkanes) is 42. The van der Waals surface area contributed by atoms with E-state index in [1.165, 1.54) is 70.6 Å². The minimum atomic E-state index is -4.93. The van der Waals surface area contributed by atoms with Crippen LogP contribution in [0.3, 0.4) is 0 Å². The van der Waals surface area contributed by atoms with Gasteiger partial charge in [0.2, 0.25) is 11.8 Å². The maximum Gasteiger partial charge on any atom is 0.475 e. The van der Waals surface area contributed by atoms with Crippen LogP contribution in [0, 0.1) is 0 Å². The smallest absolute Gasteiger partial charge is 0.462 e. The molecule has 2 amide bonds. The number of hydrogen-bond acceptors (Lipinski definition) is 18. The fourth-order valence-electron chi connectivity index (χ4n) is 17.6. The second-order valence-corrected chi connectivity index (χ2v) is 44.0. The molecule has 0 aliphatic carbocycles. The molecule has 0 spiro atoms. The number of hydrogen-bond donors (Lipinski definition) is 2. The second kappa shape index (κ2) is 77.3. The van der Waals surface area contributed by atoms with Gasteiger partial charge in [0.15, 0.2) is 14.4 Å². The Morgan fingerprint density at radius 3 is 1.03 bits per heavy atom. The van der Waals surface area contributed by atoms with E-state index in [1.54, 1.807) is 0 Å². The van der Waals surface area contributed by atoms with Crippen LogP contribution in [0.15, 0.2) is 91.0 Å². The van der Waals surface area contributed by atoms with Gasteiger partial charge in [-0.1, -0.05) is 423 Å². The van der Waals surface area contributed by atoms with Gasteiger partial charge in [0, 0.05) is 19.3 Å². The molecule has 1 aliphatic rings. The lowest BCUT2D eigenvalue weighted by Gasteiger charge is -2.47. The average molecular weight is 1870 g/mol. The largest absolute Gasteiger partial charge is 0.475 e. The van der Waals surface area contributed by atoms with Gasteiger partial charge in [0.25, 0.3) is 0 Å². The summed E-state index contributed by atoms with van der Waals surface area (Å²) in [7, 11) is -7.56. The van der Waals surface area contributed by atoms with E-state index in [0.29, 0.717) is 86.2 Å². The summed E-state index contributed by atoms with van der Waals surface area (Å²) in [6, 6.07) is 27.0. The molecule has 1 fully saturated rings. The van der Waals surface area contributed by atoms with Gasteiger partial charge in [0.1, 0.15) is 43.2 Å². The Balaban J connectivity index is 2.05. The number of carbonyl (C=O) groups is 7. The average Bonchev–Trinajstić information content (AvgIpc) is 0.769. The summed E-state index contributed by atoms with van der Waals surface area (Å²) in [6.07, 6.45) is 41.9. The third-order valence-corrected chi connectivity index (χ3v) is 32.2. The van der Waals surface area contributed by atoms with Crippen molar-refractivity contribution in [2.75, 3.05) is 6.61 Å². The fraction of sp³-hybridized carbons (Fsp3) is 0.771. The first-order valence-corrected chi connectivity index (χ1v) is 57.4. The highest BCUT2D eigenvalue weighted by Gasteiger charge is 2.54. The summed E-state index contributed by atoms with van der Waals surface area (Å²) < 4.78 is 83.7. The molecule has 3 aromatic rings. The van der Waals surface area contributed by atoms with Crippen molar-refractivity contribution in [1.82, 2.24) is 10.6 Å². The van der Waals surface area contributed by atoms with Gasteiger partial charge < -0.3 is 43.5 Å². The van der Waals surface area contributed by atoms with Gasteiger partial charge in [0.05, 0.1) is 51.2 Å². The number of benzene rings is 3. The van der Waals surface area contributed by atoms with Crippen LogP contribution >= 0.6 is 7.82 Å². The highest BCUT2D eigenvalue weighted by atomic mass is 31.2.